The molecule has 2 aromatic carbocycles. The van der Waals surface area contributed by atoms with E-state index in [2.05, 4.69) is 21.2 Å². The zero-order chi connectivity index (χ0) is 15.5. The zero-order valence-electron chi connectivity index (χ0n) is 11.3. The van der Waals surface area contributed by atoms with Crippen LogP contribution in [0, 0.1) is 0 Å². The number of anilines is 1. The number of sulfonamides is 1. The van der Waals surface area contributed by atoms with Crippen molar-refractivity contribution in [1.29, 1.82) is 0 Å². The molecule has 0 radical (unpaired) electrons. The smallest absolute Gasteiger partial charge is 0.238 e. The first-order valence-corrected chi connectivity index (χ1v) is 8.43. The Morgan fingerprint density at radius 3 is 2.67 bits per heavy atom. The van der Waals surface area contributed by atoms with Crippen molar-refractivity contribution in [2.75, 3.05) is 12.4 Å². The van der Waals surface area contributed by atoms with Gasteiger partial charge in [-0.1, -0.05) is 22.0 Å². The van der Waals surface area contributed by atoms with Crippen LogP contribution in [-0.4, -0.2) is 15.5 Å². The summed E-state index contributed by atoms with van der Waals surface area (Å²) >= 11 is 3.47. The highest BCUT2D eigenvalue weighted by Gasteiger charge is 2.08. The fourth-order valence-electron chi connectivity index (χ4n) is 1.79. The minimum Gasteiger partial charge on any atom is -0.497 e. The fraction of sp³-hybridized carbons (Fsp3) is 0.143. The van der Waals surface area contributed by atoms with Gasteiger partial charge < -0.3 is 10.1 Å². The van der Waals surface area contributed by atoms with Gasteiger partial charge in [0.1, 0.15) is 5.75 Å². The zero-order valence-corrected chi connectivity index (χ0v) is 13.7. The molecular formula is C14H15BrN2O3S. The van der Waals surface area contributed by atoms with E-state index in [1.54, 1.807) is 19.2 Å². The highest BCUT2D eigenvalue weighted by molar-refractivity contribution is 9.10. The number of ether oxygens (including phenoxy) is 1. The van der Waals surface area contributed by atoms with Crippen molar-refractivity contribution < 1.29 is 13.2 Å². The summed E-state index contributed by atoms with van der Waals surface area (Å²) in [6.07, 6.45) is 0. The van der Waals surface area contributed by atoms with Crippen LogP contribution in [0.2, 0.25) is 0 Å². The second-order valence-corrected chi connectivity index (χ2v) is 6.80. The highest BCUT2D eigenvalue weighted by Crippen LogP contribution is 2.24. The Morgan fingerprint density at radius 2 is 2.00 bits per heavy atom. The molecule has 7 heteroatoms. The summed E-state index contributed by atoms with van der Waals surface area (Å²) in [6.45, 7) is 0.520. The average molecular weight is 371 g/mol. The molecule has 0 amide bonds. The predicted octanol–water partition coefficient (Wildman–Crippen LogP) is 2.72. The lowest BCUT2D eigenvalue weighted by molar-refractivity contribution is 0.414. The van der Waals surface area contributed by atoms with E-state index in [4.69, 9.17) is 9.88 Å². The number of nitrogens with one attached hydrogen (secondary N) is 1. The second kappa shape index (κ2) is 6.46. The Hall–Kier alpha value is -1.57. The van der Waals surface area contributed by atoms with Crippen LogP contribution in [0.4, 0.5) is 5.69 Å². The molecule has 0 aliphatic carbocycles. The maximum absolute atomic E-state index is 11.3. The van der Waals surface area contributed by atoms with Gasteiger partial charge >= 0.3 is 0 Å². The van der Waals surface area contributed by atoms with Crippen molar-refractivity contribution in [2.45, 2.75) is 11.4 Å². The van der Waals surface area contributed by atoms with Crippen molar-refractivity contribution in [3.05, 3.63) is 52.5 Å². The van der Waals surface area contributed by atoms with Crippen molar-refractivity contribution in [1.82, 2.24) is 0 Å². The lowest BCUT2D eigenvalue weighted by Gasteiger charge is -2.10. The van der Waals surface area contributed by atoms with Gasteiger partial charge in [0.05, 0.1) is 12.0 Å². The van der Waals surface area contributed by atoms with E-state index in [0.717, 1.165) is 15.8 Å². The molecule has 112 valence electrons. The summed E-state index contributed by atoms with van der Waals surface area (Å²) in [6, 6.07) is 12.0. The minimum absolute atomic E-state index is 0.0807. The number of primary sulfonamides is 1. The van der Waals surface area contributed by atoms with Gasteiger partial charge in [-0.2, -0.15) is 0 Å². The molecule has 0 aliphatic rings. The molecule has 0 saturated heterocycles. The Labute approximate surface area is 132 Å². The predicted molar refractivity (Wildman–Crippen MR) is 85.8 cm³/mol. The van der Waals surface area contributed by atoms with Crippen molar-refractivity contribution in [3.63, 3.8) is 0 Å². The Balaban J connectivity index is 2.17. The standard InChI is InChI=1S/C14H15BrN2O3S/c1-20-12-5-6-14(15)10(7-12)9-17-11-3-2-4-13(8-11)21(16,18)19/h2-8,17H,9H2,1H3,(H2,16,18,19). The third kappa shape index (κ3) is 4.20. The molecule has 0 atom stereocenters. The Kier molecular flexibility index (Phi) is 4.87. The van der Waals surface area contributed by atoms with Gasteiger partial charge in [0.25, 0.3) is 0 Å². The van der Waals surface area contributed by atoms with Gasteiger partial charge in [0.15, 0.2) is 0 Å². The van der Waals surface area contributed by atoms with Crippen LogP contribution in [0.1, 0.15) is 5.56 Å². The van der Waals surface area contributed by atoms with Crippen LogP contribution in [0.3, 0.4) is 0 Å². The summed E-state index contributed by atoms with van der Waals surface area (Å²) in [7, 11) is -2.09. The Bertz CT molecular complexity index is 748. The van der Waals surface area contributed by atoms with E-state index in [0.29, 0.717) is 12.2 Å². The second-order valence-electron chi connectivity index (χ2n) is 4.38. The summed E-state index contributed by atoms with van der Waals surface area (Å²) < 4.78 is 28.8. The van der Waals surface area contributed by atoms with Crippen LogP contribution in [0.5, 0.6) is 5.75 Å². The summed E-state index contributed by atoms with van der Waals surface area (Å²) in [5.74, 6) is 0.758. The fourth-order valence-corrected chi connectivity index (χ4v) is 2.74. The lowest BCUT2D eigenvalue weighted by atomic mass is 10.2. The molecule has 0 aliphatic heterocycles. The molecule has 5 nitrogen and oxygen atoms in total. The number of methoxy groups -OCH3 is 1. The number of hydrogen-bond donors (Lipinski definition) is 2. The number of hydrogen-bond acceptors (Lipinski definition) is 4. The van der Waals surface area contributed by atoms with Gasteiger partial charge in [-0.15, -0.1) is 0 Å². The first-order chi connectivity index (χ1) is 9.90. The molecule has 0 saturated carbocycles. The SMILES string of the molecule is COc1ccc(Br)c(CNc2cccc(S(N)(=O)=O)c2)c1. The molecule has 2 aromatic rings. The molecule has 2 rings (SSSR count). The number of benzene rings is 2. The van der Waals surface area contributed by atoms with Crippen LogP contribution in [0.25, 0.3) is 0 Å². The minimum atomic E-state index is -3.70. The molecule has 0 unspecified atom stereocenters. The molecule has 0 fully saturated rings. The third-order valence-corrected chi connectivity index (χ3v) is 4.58. The van der Waals surface area contributed by atoms with Crippen molar-refractivity contribution in [2.24, 2.45) is 5.14 Å². The molecule has 0 bridgehead atoms. The maximum Gasteiger partial charge on any atom is 0.238 e. The van der Waals surface area contributed by atoms with Crippen LogP contribution < -0.4 is 15.2 Å². The third-order valence-electron chi connectivity index (χ3n) is 2.90. The van der Waals surface area contributed by atoms with Crippen LogP contribution in [-0.2, 0) is 16.6 Å². The van der Waals surface area contributed by atoms with Crippen molar-refractivity contribution >= 4 is 31.6 Å². The monoisotopic (exact) mass is 370 g/mol. The van der Waals surface area contributed by atoms with E-state index >= 15 is 0 Å². The average Bonchev–Trinajstić information content (AvgIpc) is 2.46. The summed E-state index contributed by atoms with van der Waals surface area (Å²) in [5, 5.41) is 8.28. The molecule has 0 spiro atoms. The van der Waals surface area contributed by atoms with Gasteiger partial charge in [-0.05, 0) is 42.0 Å². The van der Waals surface area contributed by atoms with Crippen LogP contribution in [0.15, 0.2) is 51.8 Å². The molecular weight excluding hydrogens is 356 g/mol. The molecule has 0 heterocycles. The van der Waals surface area contributed by atoms with Gasteiger partial charge in [-0.3, -0.25) is 0 Å². The topological polar surface area (TPSA) is 81.4 Å². The Morgan fingerprint density at radius 1 is 1.24 bits per heavy atom. The quantitative estimate of drug-likeness (QED) is 0.847. The molecule has 0 aromatic heterocycles. The lowest BCUT2D eigenvalue weighted by Crippen LogP contribution is -2.12. The number of rotatable bonds is 5. The first-order valence-electron chi connectivity index (χ1n) is 6.09. The first kappa shape index (κ1) is 15.8. The van der Waals surface area contributed by atoms with Crippen LogP contribution >= 0.6 is 15.9 Å². The summed E-state index contributed by atoms with van der Waals surface area (Å²) in [5.41, 5.74) is 1.67. The largest absolute Gasteiger partial charge is 0.497 e. The molecule has 3 N–H and O–H groups in total. The highest BCUT2D eigenvalue weighted by atomic mass is 79.9. The van der Waals surface area contributed by atoms with E-state index < -0.39 is 10.0 Å². The van der Waals surface area contributed by atoms with Gasteiger partial charge in [-0.25, -0.2) is 13.6 Å². The normalized spacial score (nSPS) is 11.2. The van der Waals surface area contributed by atoms with E-state index in [1.807, 2.05) is 18.2 Å². The van der Waals surface area contributed by atoms with E-state index in [9.17, 15) is 8.42 Å². The van der Waals surface area contributed by atoms with E-state index in [1.165, 1.54) is 12.1 Å². The van der Waals surface area contributed by atoms with Gasteiger partial charge in [0, 0.05) is 16.7 Å². The number of nitrogens with two attached hydrogens (primary N) is 1. The number of halogens is 1. The summed E-state index contributed by atoms with van der Waals surface area (Å²) in [4.78, 5) is 0.0807. The van der Waals surface area contributed by atoms with Gasteiger partial charge in [0.2, 0.25) is 10.0 Å². The van der Waals surface area contributed by atoms with E-state index in [-0.39, 0.29) is 4.90 Å². The maximum atomic E-state index is 11.3. The van der Waals surface area contributed by atoms with Crippen molar-refractivity contribution in [3.8, 4) is 5.75 Å². The molecule has 21 heavy (non-hydrogen) atoms.